The van der Waals surface area contributed by atoms with Crippen LogP contribution in [0.5, 0.6) is 0 Å². The lowest BCUT2D eigenvalue weighted by Gasteiger charge is -2.32. The molecule has 7 nitrogen and oxygen atoms in total. The van der Waals surface area contributed by atoms with Gasteiger partial charge in [0.15, 0.2) is 5.49 Å². The van der Waals surface area contributed by atoms with Gasteiger partial charge >= 0.3 is 0 Å². The molecule has 28 heavy (non-hydrogen) atoms. The molecule has 3 heterocycles. The van der Waals surface area contributed by atoms with Crippen molar-refractivity contribution in [1.82, 2.24) is 25.5 Å². The van der Waals surface area contributed by atoms with E-state index in [0.717, 1.165) is 42.8 Å². The van der Waals surface area contributed by atoms with Gasteiger partial charge in [-0.25, -0.2) is 9.97 Å². The minimum atomic E-state index is 0.0424. The summed E-state index contributed by atoms with van der Waals surface area (Å²) in [7, 11) is 0. The molecule has 1 saturated heterocycles. The van der Waals surface area contributed by atoms with E-state index in [1.807, 2.05) is 36.5 Å². The summed E-state index contributed by atoms with van der Waals surface area (Å²) in [5, 5.41) is 16.8. The van der Waals surface area contributed by atoms with Crippen LogP contribution in [-0.2, 0) is 0 Å². The number of nitrogens with zero attached hydrogens (tertiary/aromatic N) is 3. The van der Waals surface area contributed by atoms with Crippen molar-refractivity contribution in [2.75, 3.05) is 26.2 Å². The first-order valence-electron chi connectivity index (χ1n) is 9.17. The topological polar surface area (TPSA) is 103 Å². The SMILES string of the molecule is C/C(N)=c1\nc(-c2ccccc2Cl)c2c(nc1=N)C=C(N1CCNCC1)NC=2. The fourth-order valence-electron chi connectivity index (χ4n) is 3.37. The number of halogens is 1. The Labute approximate surface area is 167 Å². The summed E-state index contributed by atoms with van der Waals surface area (Å²) in [6.07, 6.45) is 3.86. The van der Waals surface area contributed by atoms with Crippen molar-refractivity contribution in [3.63, 3.8) is 0 Å². The molecule has 0 unspecified atom stereocenters. The first-order chi connectivity index (χ1) is 13.5. The Balaban J connectivity index is 1.99. The minimum Gasteiger partial charge on any atom is -0.400 e. The van der Waals surface area contributed by atoms with E-state index >= 15 is 0 Å². The number of nitrogens with one attached hydrogen (secondary N) is 3. The lowest BCUT2D eigenvalue weighted by atomic mass is 10.1. The molecule has 1 fully saturated rings. The Morgan fingerprint density at radius 1 is 1.21 bits per heavy atom. The quantitative estimate of drug-likeness (QED) is 0.566. The molecule has 0 saturated carbocycles. The van der Waals surface area contributed by atoms with Gasteiger partial charge in [0.1, 0.15) is 11.2 Å². The molecular weight excluding hydrogens is 374 g/mol. The fraction of sp³-hybridized carbons (Fsp3) is 0.250. The number of aromatic nitrogens is 2. The first-order valence-corrected chi connectivity index (χ1v) is 9.55. The van der Waals surface area contributed by atoms with Crippen molar-refractivity contribution in [3.8, 4) is 11.3 Å². The summed E-state index contributed by atoms with van der Waals surface area (Å²) in [5.41, 5.74) is 8.58. The third-order valence-corrected chi connectivity index (χ3v) is 5.14. The van der Waals surface area contributed by atoms with Crippen LogP contribution in [0.1, 0.15) is 12.6 Å². The van der Waals surface area contributed by atoms with Gasteiger partial charge in [-0.15, -0.1) is 0 Å². The van der Waals surface area contributed by atoms with Gasteiger partial charge in [0.25, 0.3) is 0 Å². The second-order valence-electron chi connectivity index (χ2n) is 6.79. The van der Waals surface area contributed by atoms with Gasteiger partial charge in [0.05, 0.1) is 11.4 Å². The van der Waals surface area contributed by atoms with Crippen LogP contribution in [0.4, 0.5) is 0 Å². The van der Waals surface area contributed by atoms with E-state index in [1.54, 1.807) is 6.92 Å². The van der Waals surface area contributed by atoms with Gasteiger partial charge in [0.2, 0.25) is 0 Å². The van der Waals surface area contributed by atoms with Crippen LogP contribution < -0.4 is 32.4 Å². The molecule has 5 N–H and O–H groups in total. The molecule has 0 bridgehead atoms. The summed E-state index contributed by atoms with van der Waals surface area (Å²) < 4.78 is 0. The average molecular weight is 396 g/mol. The molecular formula is C20H22ClN7. The van der Waals surface area contributed by atoms with E-state index in [1.165, 1.54) is 0 Å². The summed E-state index contributed by atoms with van der Waals surface area (Å²) >= 11 is 6.46. The first kappa shape index (κ1) is 18.5. The normalized spacial score (nSPS) is 17.1. The number of piperazine rings is 1. The van der Waals surface area contributed by atoms with Gasteiger partial charge in [-0.05, 0) is 13.0 Å². The van der Waals surface area contributed by atoms with Gasteiger partial charge in [-0.2, -0.15) is 0 Å². The fourth-order valence-corrected chi connectivity index (χ4v) is 3.60. The highest BCUT2D eigenvalue weighted by molar-refractivity contribution is 6.33. The molecule has 1 aromatic heterocycles. The summed E-state index contributed by atoms with van der Waals surface area (Å²) in [6, 6.07) is 7.52. The van der Waals surface area contributed by atoms with Gasteiger partial charge in [-0.1, -0.05) is 29.8 Å². The van der Waals surface area contributed by atoms with Crippen molar-refractivity contribution >= 4 is 29.6 Å². The maximum atomic E-state index is 8.39. The van der Waals surface area contributed by atoms with Crippen molar-refractivity contribution in [3.05, 3.63) is 56.9 Å². The van der Waals surface area contributed by atoms with Crippen molar-refractivity contribution in [2.24, 2.45) is 5.73 Å². The van der Waals surface area contributed by atoms with Crippen LogP contribution >= 0.6 is 11.6 Å². The number of fused-ring (bicyclic) bond motifs is 1. The Kier molecular flexibility index (Phi) is 5.02. The van der Waals surface area contributed by atoms with Gasteiger partial charge in [-0.3, -0.25) is 5.41 Å². The zero-order chi connectivity index (χ0) is 19.7. The minimum absolute atomic E-state index is 0.0424. The largest absolute Gasteiger partial charge is 0.400 e. The molecule has 1 aromatic carbocycles. The highest BCUT2D eigenvalue weighted by Gasteiger charge is 2.18. The van der Waals surface area contributed by atoms with Crippen LogP contribution in [0.2, 0.25) is 5.02 Å². The van der Waals surface area contributed by atoms with Gasteiger partial charge in [0, 0.05) is 60.0 Å². The molecule has 2 aromatic rings. The summed E-state index contributed by atoms with van der Waals surface area (Å²) in [5.74, 6) is 0.965. The Morgan fingerprint density at radius 2 is 1.96 bits per heavy atom. The monoisotopic (exact) mass is 395 g/mol. The zero-order valence-corrected chi connectivity index (χ0v) is 16.3. The predicted molar refractivity (Wildman–Crippen MR) is 111 cm³/mol. The van der Waals surface area contributed by atoms with Crippen molar-refractivity contribution < 1.29 is 0 Å². The zero-order valence-electron chi connectivity index (χ0n) is 15.6. The number of rotatable bonds is 2. The average Bonchev–Trinajstić information content (AvgIpc) is 2.84. The highest BCUT2D eigenvalue weighted by atomic mass is 35.5. The van der Waals surface area contributed by atoms with Gasteiger partial charge < -0.3 is 21.3 Å². The molecule has 8 heteroatoms. The number of hydrogen-bond donors (Lipinski definition) is 4. The second kappa shape index (κ2) is 7.61. The van der Waals surface area contributed by atoms with E-state index in [-0.39, 0.29) is 5.49 Å². The van der Waals surface area contributed by atoms with Crippen LogP contribution in [0.3, 0.4) is 0 Å². The molecule has 0 radical (unpaired) electrons. The third-order valence-electron chi connectivity index (χ3n) is 4.81. The third kappa shape index (κ3) is 3.46. The molecule has 0 amide bonds. The number of hydrogen-bond acceptors (Lipinski definition) is 7. The Morgan fingerprint density at radius 3 is 2.68 bits per heavy atom. The lowest BCUT2D eigenvalue weighted by Crippen LogP contribution is -2.45. The molecule has 0 atom stereocenters. The maximum absolute atomic E-state index is 8.39. The van der Waals surface area contributed by atoms with E-state index in [2.05, 4.69) is 20.5 Å². The molecule has 4 rings (SSSR count). The van der Waals surface area contributed by atoms with E-state index in [0.29, 0.717) is 27.5 Å². The smallest absolute Gasteiger partial charge is 0.173 e. The molecule has 144 valence electrons. The summed E-state index contributed by atoms with van der Waals surface area (Å²) in [6.45, 7) is 5.41. The molecule has 2 aliphatic heterocycles. The van der Waals surface area contributed by atoms with E-state index < -0.39 is 0 Å². The Bertz CT molecular complexity index is 1130. The molecule has 0 aliphatic carbocycles. The standard InChI is InChI=1S/C20H22ClN7/c1-12(22)18-20(23)26-16-10-17(28-8-6-24-7-9-28)25-11-14(16)19(27-18)13-4-2-3-5-15(13)21/h2-5,10-11,23-25H,6-9,22H2,1H3/b18-12+,23-20?. The van der Waals surface area contributed by atoms with Crippen LogP contribution in [0, 0.1) is 5.41 Å². The van der Waals surface area contributed by atoms with Crippen LogP contribution in [0.15, 0.2) is 30.1 Å². The van der Waals surface area contributed by atoms with E-state index in [4.69, 9.17) is 27.7 Å². The highest BCUT2D eigenvalue weighted by Crippen LogP contribution is 2.23. The Hall–Kier alpha value is -2.90. The predicted octanol–water partition coefficient (Wildman–Crippen LogP) is -0.0919. The number of nitrogens with two attached hydrogens (primary N) is 1. The van der Waals surface area contributed by atoms with Crippen LogP contribution in [0.25, 0.3) is 29.2 Å². The lowest BCUT2D eigenvalue weighted by molar-refractivity contribution is 0.291. The second-order valence-corrected chi connectivity index (χ2v) is 7.19. The van der Waals surface area contributed by atoms with Crippen LogP contribution in [-0.4, -0.2) is 41.0 Å². The maximum Gasteiger partial charge on any atom is 0.173 e. The summed E-state index contributed by atoms with van der Waals surface area (Å²) in [4.78, 5) is 11.5. The van der Waals surface area contributed by atoms with E-state index in [9.17, 15) is 0 Å². The van der Waals surface area contributed by atoms with Crippen molar-refractivity contribution in [1.29, 1.82) is 5.41 Å². The number of benzene rings is 1. The molecule has 0 spiro atoms. The van der Waals surface area contributed by atoms with Crippen molar-refractivity contribution in [2.45, 2.75) is 6.92 Å². The molecule has 2 aliphatic rings.